The maximum absolute atomic E-state index is 13.3. The number of hydrogen-bond donors (Lipinski definition) is 0. The van der Waals surface area contributed by atoms with Crippen LogP contribution in [0.15, 0.2) is 30.3 Å². The van der Waals surface area contributed by atoms with Gasteiger partial charge in [0, 0.05) is 45.3 Å². The molecule has 0 spiro atoms. The highest BCUT2D eigenvalue weighted by Crippen LogP contribution is 2.32. The van der Waals surface area contributed by atoms with Crippen molar-refractivity contribution >= 4 is 17.5 Å². The number of alkyl halides is 3. The van der Waals surface area contributed by atoms with Crippen molar-refractivity contribution in [3.05, 3.63) is 47.3 Å². The average Bonchev–Trinajstić information content (AvgIpc) is 2.78. The minimum atomic E-state index is -4.56. The number of benzene rings is 1. The van der Waals surface area contributed by atoms with Crippen LogP contribution in [0.3, 0.4) is 0 Å². The predicted octanol–water partition coefficient (Wildman–Crippen LogP) is 3.76. The molecule has 2 saturated heterocycles. The molecule has 2 fully saturated rings. The number of piperidine rings is 1. The van der Waals surface area contributed by atoms with Gasteiger partial charge in [0.15, 0.2) is 0 Å². The topological polar surface area (TPSA) is 52.6 Å². The lowest BCUT2D eigenvalue weighted by Gasteiger charge is -2.36. The first-order valence-corrected chi connectivity index (χ1v) is 10.6. The second-order valence-electron chi connectivity index (χ2n) is 8.00. The van der Waals surface area contributed by atoms with Gasteiger partial charge in [0.1, 0.15) is 17.5 Å². The molecule has 0 N–H and O–H groups in total. The van der Waals surface area contributed by atoms with Crippen LogP contribution in [0.25, 0.3) is 0 Å². The Labute approximate surface area is 179 Å². The van der Waals surface area contributed by atoms with E-state index in [-0.39, 0.29) is 5.56 Å². The molecule has 0 saturated carbocycles. The predicted molar refractivity (Wildman–Crippen MR) is 112 cm³/mol. The molecule has 1 aromatic carbocycles. The molecule has 9 heteroatoms. The van der Waals surface area contributed by atoms with E-state index in [4.69, 9.17) is 0 Å². The van der Waals surface area contributed by atoms with Crippen LogP contribution in [0.2, 0.25) is 0 Å². The van der Waals surface area contributed by atoms with Crippen LogP contribution in [0.1, 0.15) is 41.0 Å². The summed E-state index contributed by atoms with van der Waals surface area (Å²) in [5.41, 5.74) is -1.19. The van der Waals surface area contributed by atoms with Crippen LogP contribution in [-0.2, 0) is 6.18 Å². The molecular weight excluding hydrogens is 407 g/mol. The van der Waals surface area contributed by atoms with E-state index in [1.807, 2.05) is 13.0 Å². The number of rotatable bonds is 3. The van der Waals surface area contributed by atoms with E-state index in [1.54, 1.807) is 0 Å². The van der Waals surface area contributed by atoms with Gasteiger partial charge in [-0.3, -0.25) is 4.79 Å². The van der Waals surface area contributed by atoms with Crippen molar-refractivity contribution in [3.63, 3.8) is 0 Å². The molecule has 2 aliphatic rings. The molecule has 4 rings (SSSR count). The molecule has 31 heavy (non-hydrogen) atoms. The highest BCUT2D eigenvalue weighted by Gasteiger charge is 2.36. The number of aryl methyl sites for hydroxylation is 1. The SMILES string of the molecule is Cc1nc(N2CCCCC2)cc(N2CCN(C(=O)c3ccccc3C(F)(F)F)CC2)n1. The van der Waals surface area contributed by atoms with Crippen molar-refractivity contribution in [2.75, 3.05) is 49.1 Å². The molecule has 2 aromatic rings. The molecule has 0 radical (unpaired) electrons. The number of piperazine rings is 1. The van der Waals surface area contributed by atoms with Gasteiger partial charge in [-0.25, -0.2) is 9.97 Å². The zero-order valence-corrected chi connectivity index (χ0v) is 17.5. The van der Waals surface area contributed by atoms with Crippen molar-refractivity contribution in [1.82, 2.24) is 14.9 Å². The van der Waals surface area contributed by atoms with Crippen LogP contribution >= 0.6 is 0 Å². The Morgan fingerprint density at radius 1 is 0.871 bits per heavy atom. The lowest BCUT2D eigenvalue weighted by Crippen LogP contribution is -2.49. The quantitative estimate of drug-likeness (QED) is 0.738. The molecule has 3 heterocycles. The first kappa shape index (κ1) is 21.4. The van der Waals surface area contributed by atoms with E-state index in [1.165, 1.54) is 29.5 Å². The van der Waals surface area contributed by atoms with Gasteiger partial charge in [0.2, 0.25) is 0 Å². The van der Waals surface area contributed by atoms with Gasteiger partial charge in [-0.05, 0) is 38.3 Å². The van der Waals surface area contributed by atoms with Gasteiger partial charge in [0.05, 0.1) is 11.1 Å². The van der Waals surface area contributed by atoms with Crippen molar-refractivity contribution < 1.29 is 18.0 Å². The third kappa shape index (κ3) is 4.75. The smallest absolute Gasteiger partial charge is 0.356 e. The molecule has 0 unspecified atom stereocenters. The van der Waals surface area contributed by atoms with E-state index in [2.05, 4.69) is 19.8 Å². The van der Waals surface area contributed by atoms with Gasteiger partial charge < -0.3 is 14.7 Å². The number of hydrogen-bond acceptors (Lipinski definition) is 5. The summed E-state index contributed by atoms with van der Waals surface area (Å²) in [6, 6.07) is 6.94. The Morgan fingerprint density at radius 3 is 2.06 bits per heavy atom. The number of aromatic nitrogens is 2. The van der Waals surface area contributed by atoms with E-state index >= 15 is 0 Å². The summed E-state index contributed by atoms with van der Waals surface area (Å²) < 4.78 is 39.9. The molecule has 166 valence electrons. The number of carbonyl (C=O) groups is 1. The Balaban J connectivity index is 1.46. The lowest BCUT2D eigenvalue weighted by atomic mass is 10.1. The Kier molecular flexibility index (Phi) is 6.02. The Bertz CT molecular complexity index is 935. The minimum absolute atomic E-state index is 0.297. The minimum Gasteiger partial charge on any atom is -0.356 e. The Hall–Kier alpha value is -2.84. The van der Waals surface area contributed by atoms with Crippen molar-refractivity contribution in [2.45, 2.75) is 32.4 Å². The molecule has 0 bridgehead atoms. The summed E-state index contributed by atoms with van der Waals surface area (Å²) in [5.74, 6) is 1.83. The zero-order chi connectivity index (χ0) is 22.0. The normalized spacial score (nSPS) is 17.7. The van der Waals surface area contributed by atoms with E-state index in [9.17, 15) is 18.0 Å². The van der Waals surface area contributed by atoms with Gasteiger partial charge in [-0.15, -0.1) is 0 Å². The maximum Gasteiger partial charge on any atom is 0.417 e. The first-order chi connectivity index (χ1) is 14.8. The van der Waals surface area contributed by atoms with E-state index < -0.39 is 17.6 Å². The molecule has 1 aromatic heterocycles. The van der Waals surface area contributed by atoms with Gasteiger partial charge in [-0.1, -0.05) is 12.1 Å². The van der Waals surface area contributed by atoms with Gasteiger partial charge in [-0.2, -0.15) is 13.2 Å². The maximum atomic E-state index is 13.3. The van der Waals surface area contributed by atoms with Crippen molar-refractivity contribution in [2.24, 2.45) is 0 Å². The van der Waals surface area contributed by atoms with Gasteiger partial charge in [0.25, 0.3) is 5.91 Å². The number of nitrogens with zero attached hydrogens (tertiary/aromatic N) is 5. The van der Waals surface area contributed by atoms with Gasteiger partial charge >= 0.3 is 6.18 Å². The number of amides is 1. The van der Waals surface area contributed by atoms with E-state index in [0.29, 0.717) is 32.0 Å². The fourth-order valence-corrected chi connectivity index (χ4v) is 4.21. The Morgan fingerprint density at radius 2 is 1.45 bits per heavy atom. The second-order valence-corrected chi connectivity index (χ2v) is 8.00. The molecule has 1 amide bonds. The summed E-state index contributed by atoms with van der Waals surface area (Å²) in [7, 11) is 0. The molecule has 0 atom stereocenters. The van der Waals surface area contributed by atoms with Crippen LogP contribution in [0.4, 0.5) is 24.8 Å². The third-order valence-electron chi connectivity index (χ3n) is 5.84. The zero-order valence-electron chi connectivity index (χ0n) is 17.5. The summed E-state index contributed by atoms with van der Waals surface area (Å²) in [4.78, 5) is 27.8. The summed E-state index contributed by atoms with van der Waals surface area (Å²) in [6.07, 6.45) is -1.02. The third-order valence-corrected chi connectivity index (χ3v) is 5.84. The molecule has 2 aliphatic heterocycles. The van der Waals surface area contributed by atoms with Crippen LogP contribution in [-0.4, -0.2) is 60.0 Å². The highest BCUT2D eigenvalue weighted by atomic mass is 19.4. The fourth-order valence-electron chi connectivity index (χ4n) is 4.21. The van der Waals surface area contributed by atoms with Crippen LogP contribution in [0.5, 0.6) is 0 Å². The number of halogens is 3. The second kappa shape index (κ2) is 8.72. The average molecular weight is 433 g/mol. The van der Waals surface area contributed by atoms with E-state index in [0.717, 1.165) is 43.6 Å². The highest BCUT2D eigenvalue weighted by molar-refractivity contribution is 5.96. The van der Waals surface area contributed by atoms with Crippen LogP contribution in [0, 0.1) is 6.92 Å². The number of carbonyl (C=O) groups excluding carboxylic acids is 1. The van der Waals surface area contributed by atoms with Crippen molar-refractivity contribution in [1.29, 1.82) is 0 Å². The first-order valence-electron chi connectivity index (χ1n) is 10.6. The summed E-state index contributed by atoms with van der Waals surface area (Å²) >= 11 is 0. The monoisotopic (exact) mass is 433 g/mol. The largest absolute Gasteiger partial charge is 0.417 e. The fraction of sp³-hybridized carbons (Fsp3) is 0.500. The summed E-state index contributed by atoms with van der Waals surface area (Å²) in [6.45, 7) is 5.53. The number of anilines is 2. The molecule has 0 aliphatic carbocycles. The molecular formula is C22H26F3N5O. The lowest BCUT2D eigenvalue weighted by molar-refractivity contribution is -0.138. The van der Waals surface area contributed by atoms with Crippen LogP contribution < -0.4 is 9.80 Å². The van der Waals surface area contributed by atoms with Crippen molar-refractivity contribution in [3.8, 4) is 0 Å². The standard InChI is InChI=1S/C22H26F3N5O/c1-16-26-19(28-9-5-2-6-10-28)15-20(27-16)29-11-13-30(14-12-29)21(31)17-7-3-4-8-18(17)22(23,24)25/h3-4,7-8,15H,2,5-6,9-14H2,1H3. The summed E-state index contributed by atoms with van der Waals surface area (Å²) in [5, 5.41) is 0. The molecule has 6 nitrogen and oxygen atoms in total.